The standard InChI is InChI=1S/C38H31N8O4S2/c1-38(2)19-26(6-8-30(21-39)36(32(23-41)24-42)28-10-14-33(15-11-28)45-51(4,47)48)18-27(20-38)7-9-31(22-40)37(35(25-43)44-3)29-12-16-34(17-13-29)46-52(5,49)50/h6-18,45-46H,19-20H2,1-2,4-5H3/q-1/b8-6+,27-7-,31-9+,36-30-,37-35+. The fourth-order valence-corrected chi connectivity index (χ4v) is 6.55. The molecule has 0 spiro atoms. The first-order valence-corrected chi connectivity index (χ1v) is 18.9. The lowest BCUT2D eigenvalue weighted by Gasteiger charge is -2.30. The van der Waals surface area contributed by atoms with Crippen molar-refractivity contribution in [2.24, 2.45) is 5.41 Å². The molecule has 12 nitrogen and oxygen atoms in total. The van der Waals surface area contributed by atoms with Gasteiger partial charge in [-0.2, -0.15) is 15.8 Å². The number of hydrogen-bond donors (Lipinski definition) is 2. The molecule has 0 bridgehead atoms. The van der Waals surface area contributed by atoms with E-state index in [0.717, 1.165) is 23.7 Å². The molecule has 260 valence electrons. The molecule has 1 aliphatic carbocycles. The van der Waals surface area contributed by atoms with Crippen LogP contribution in [0.5, 0.6) is 0 Å². The lowest BCUT2D eigenvalue weighted by atomic mass is 9.75. The molecule has 0 atom stereocenters. The van der Waals surface area contributed by atoms with Gasteiger partial charge in [-0.1, -0.05) is 56.3 Å². The van der Waals surface area contributed by atoms with Crippen LogP contribution in [-0.2, 0) is 20.0 Å². The highest BCUT2D eigenvalue weighted by Gasteiger charge is 2.25. The second kappa shape index (κ2) is 16.8. The maximum atomic E-state index is 11.6. The van der Waals surface area contributed by atoms with E-state index < -0.39 is 20.0 Å². The van der Waals surface area contributed by atoms with Gasteiger partial charge in [0.15, 0.2) is 0 Å². The van der Waals surface area contributed by atoms with Crippen LogP contribution in [0, 0.1) is 57.3 Å². The minimum atomic E-state index is -3.54. The molecular formula is C38H31N8O4S2-. The summed E-state index contributed by atoms with van der Waals surface area (Å²) in [6, 6.07) is 19.7. The van der Waals surface area contributed by atoms with Gasteiger partial charge in [-0.25, -0.2) is 32.8 Å². The number of allylic oxidation sites excluding steroid dienone is 13. The molecule has 0 fully saturated rings. The molecule has 0 unspecified atom stereocenters. The Balaban J connectivity index is 2.11. The molecule has 0 aliphatic heterocycles. The van der Waals surface area contributed by atoms with Gasteiger partial charge in [-0.3, -0.25) is 9.44 Å². The zero-order valence-corrected chi connectivity index (χ0v) is 30.2. The summed E-state index contributed by atoms with van der Waals surface area (Å²) in [4.78, 5) is 3.32. The third kappa shape index (κ3) is 11.2. The van der Waals surface area contributed by atoms with Crippen LogP contribution in [0.1, 0.15) is 37.8 Å². The number of nitrogens with one attached hydrogen (secondary N) is 2. The number of hydrogen-bond acceptors (Lipinski definition) is 8. The Morgan fingerprint density at radius 3 is 1.79 bits per heavy atom. The Labute approximate surface area is 304 Å². The van der Waals surface area contributed by atoms with E-state index in [1.54, 1.807) is 12.2 Å². The average molecular weight is 728 g/mol. The van der Waals surface area contributed by atoms with Crippen molar-refractivity contribution in [3.8, 4) is 24.3 Å². The smallest absolute Gasteiger partial charge is 0.270 e. The van der Waals surface area contributed by atoms with E-state index in [9.17, 15) is 43.3 Å². The highest BCUT2D eigenvalue weighted by Crippen LogP contribution is 2.39. The quantitative estimate of drug-likeness (QED) is 0.107. The summed E-state index contributed by atoms with van der Waals surface area (Å²) in [5.74, 6) is 1.83. The van der Waals surface area contributed by atoms with E-state index in [1.165, 1.54) is 60.7 Å². The normalized spacial score (nSPS) is 15.9. The molecule has 0 saturated heterocycles. The van der Waals surface area contributed by atoms with Crippen molar-refractivity contribution in [2.45, 2.75) is 26.7 Å². The van der Waals surface area contributed by atoms with Crippen LogP contribution in [0.25, 0.3) is 21.4 Å². The van der Waals surface area contributed by atoms with Crippen molar-refractivity contribution in [3.05, 3.63) is 140 Å². The predicted octanol–water partition coefficient (Wildman–Crippen LogP) is 6.93. The van der Waals surface area contributed by atoms with Crippen LogP contribution in [0.15, 0.2) is 112 Å². The topological polar surface area (TPSA) is 214 Å². The van der Waals surface area contributed by atoms with Crippen LogP contribution in [0.3, 0.4) is 0 Å². The highest BCUT2D eigenvalue weighted by atomic mass is 32.2. The number of benzene rings is 2. The van der Waals surface area contributed by atoms with Crippen LogP contribution < -0.4 is 9.44 Å². The van der Waals surface area contributed by atoms with Crippen LogP contribution in [0.4, 0.5) is 11.4 Å². The van der Waals surface area contributed by atoms with Crippen molar-refractivity contribution in [3.63, 3.8) is 0 Å². The molecule has 2 N–H and O–H groups in total. The number of nitriles is 4. The van der Waals surface area contributed by atoms with E-state index in [-0.39, 0.29) is 50.4 Å². The van der Waals surface area contributed by atoms with Gasteiger partial charge in [-0.05, 0) is 76.9 Å². The molecule has 0 aromatic heterocycles. The molecular weight excluding hydrogens is 697 g/mol. The van der Waals surface area contributed by atoms with Gasteiger partial charge in [-0.15, -0.1) is 0 Å². The summed E-state index contributed by atoms with van der Waals surface area (Å²) in [6.45, 7) is 11.6. The largest absolute Gasteiger partial charge is 0.762 e. The number of anilines is 2. The zero-order chi connectivity index (χ0) is 38.7. The van der Waals surface area contributed by atoms with Gasteiger partial charge >= 0.3 is 0 Å². The van der Waals surface area contributed by atoms with E-state index in [1.807, 2.05) is 37.9 Å². The molecule has 0 heterocycles. The minimum Gasteiger partial charge on any atom is -0.762 e. The Bertz CT molecular complexity index is 2440. The third-order valence-electron chi connectivity index (χ3n) is 7.33. The van der Waals surface area contributed by atoms with Gasteiger partial charge in [0.25, 0.3) is 5.70 Å². The summed E-state index contributed by atoms with van der Waals surface area (Å²) in [5.41, 5.74) is 2.17. The maximum Gasteiger partial charge on any atom is 0.270 e. The molecule has 14 heteroatoms. The number of nitrogens with zero attached hydrogens (tertiary/aromatic N) is 6. The van der Waals surface area contributed by atoms with Crippen molar-refractivity contribution in [2.75, 3.05) is 22.0 Å². The fourth-order valence-electron chi connectivity index (χ4n) is 5.42. The average Bonchev–Trinajstić information content (AvgIpc) is 3.07. The summed E-state index contributed by atoms with van der Waals surface area (Å²) < 4.78 is 51.2. The molecule has 2 aromatic rings. The van der Waals surface area contributed by atoms with Crippen molar-refractivity contribution < 1.29 is 16.8 Å². The van der Waals surface area contributed by atoms with Crippen molar-refractivity contribution in [1.29, 1.82) is 21.0 Å². The Kier molecular flexibility index (Phi) is 12.8. The second-order valence-electron chi connectivity index (χ2n) is 12.4. The lowest BCUT2D eigenvalue weighted by Crippen LogP contribution is -2.16. The first-order chi connectivity index (χ1) is 24.5. The number of rotatable bonds is 11. The van der Waals surface area contributed by atoms with Crippen LogP contribution in [-0.4, -0.2) is 35.2 Å². The molecule has 2 aromatic carbocycles. The van der Waals surface area contributed by atoms with E-state index in [4.69, 9.17) is 6.57 Å². The molecule has 52 heavy (non-hydrogen) atoms. The van der Waals surface area contributed by atoms with Crippen molar-refractivity contribution in [1.82, 2.24) is 0 Å². The summed E-state index contributed by atoms with van der Waals surface area (Å²) in [6.07, 6.45) is 11.5. The Morgan fingerprint density at radius 2 is 1.37 bits per heavy atom. The van der Waals surface area contributed by atoms with Crippen molar-refractivity contribution >= 4 is 48.4 Å². The summed E-state index contributed by atoms with van der Waals surface area (Å²) >= 11 is 0. The first-order valence-electron chi connectivity index (χ1n) is 15.2. The Hall–Kier alpha value is -6.72. The maximum absolute atomic E-state index is 11.6. The third-order valence-corrected chi connectivity index (χ3v) is 8.54. The van der Waals surface area contributed by atoms with Gasteiger partial charge in [0.1, 0.15) is 6.07 Å². The number of sulfonamides is 2. The van der Waals surface area contributed by atoms with Gasteiger partial charge < -0.3 is 5.41 Å². The molecule has 3 rings (SSSR count). The summed E-state index contributed by atoms with van der Waals surface area (Å²) in [7, 11) is -7.09. The Morgan fingerprint density at radius 1 is 0.827 bits per heavy atom. The minimum absolute atomic E-state index is 0.0269. The second-order valence-corrected chi connectivity index (χ2v) is 15.9. The lowest BCUT2D eigenvalue weighted by molar-refractivity contribution is 0.355. The summed E-state index contributed by atoms with van der Waals surface area (Å²) in [5, 5.41) is 49.4. The molecule has 1 aliphatic rings. The molecule has 0 saturated carbocycles. The van der Waals surface area contributed by atoms with Gasteiger partial charge in [0.2, 0.25) is 20.0 Å². The first kappa shape index (κ1) is 39.7. The molecule has 0 amide bonds. The van der Waals surface area contributed by atoms with Crippen LogP contribution in [0.2, 0.25) is 0 Å². The zero-order valence-electron chi connectivity index (χ0n) is 28.6. The van der Waals surface area contributed by atoms with E-state index >= 15 is 0 Å². The SMILES string of the molecule is [C-]#[N+]/C(C#N)=C(/C(C#N)=C/C=C1C=C(/C=C/C(C#N)=C(/C(=C=[N-])C#N)c2ccc(NS(C)(=O)=O)cc2)CC(C)(C)C/1)c1ccc(NS(C)(=O)=O)cc1. The molecule has 0 radical (unpaired) electrons. The van der Waals surface area contributed by atoms with E-state index in [0.29, 0.717) is 24.0 Å². The highest BCUT2D eigenvalue weighted by molar-refractivity contribution is 7.92. The van der Waals surface area contributed by atoms with Gasteiger partial charge in [0.05, 0.1) is 54.0 Å². The fraction of sp³-hybridized carbons (Fsp3) is 0.184. The van der Waals surface area contributed by atoms with Gasteiger partial charge in [0, 0.05) is 22.5 Å². The monoisotopic (exact) mass is 727 g/mol. The van der Waals surface area contributed by atoms with E-state index in [2.05, 4.69) is 26.4 Å². The predicted molar refractivity (Wildman–Crippen MR) is 201 cm³/mol. The van der Waals surface area contributed by atoms with Crippen LogP contribution >= 0.6 is 0 Å².